The van der Waals surface area contributed by atoms with E-state index >= 15 is 0 Å². The first-order valence-electron chi connectivity index (χ1n) is 11.8. The number of carbonyl (C=O) groups is 1. The van der Waals surface area contributed by atoms with Gasteiger partial charge in [-0.2, -0.15) is 0 Å². The number of aromatic nitrogens is 2. The van der Waals surface area contributed by atoms with E-state index in [0.717, 1.165) is 22.0 Å². The number of ketones is 1. The summed E-state index contributed by atoms with van der Waals surface area (Å²) < 4.78 is 9.74. The van der Waals surface area contributed by atoms with E-state index in [9.17, 15) is 9.59 Å². The van der Waals surface area contributed by atoms with Crippen LogP contribution >= 0.6 is 0 Å². The molecule has 0 amide bonds. The molecule has 0 saturated heterocycles. The lowest BCUT2D eigenvalue weighted by Gasteiger charge is -2.15. The summed E-state index contributed by atoms with van der Waals surface area (Å²) in [5.74, 6) is 0.0185. The average molecular weight is 551 g/mol. The molecule has 0 N–H and O–H groups in total. The SMILES string of the molecule is O=C(C[n+]1cn(C(c2ccccc2)c2cc3ccccc3oc2=O)c2ccccc21)c1ccccc1.[Br-]. The van der Waals surface area contributed by atoms with Crippen molar-refractivity contribution in [3.8, 4) is 0 Å². The predicted octanol–water partition coefficient (Wildman–Crippen LogP) is 2.56. The van der Waals surface area contributed by atoms with Gasteiger partial charge in [-0.1, -0.05) is 91.0 Å². The smallest absolute Gasteiger partial charge is 0.344 e. The summed E-state index contributed by atoms with van der Waals surface area (Å²) in [5, 5.41) is 0.858. The summed E-state index contributed by atoms with van der Waals surface area (Å²) in [4.78, 5) is 26.4. The molecule has 1 unspecified atom stereocenters. The predicted molar refractivity (Wildman–Crippen MR) is 139 cm³/mol. The summed E-state index contributed by atoms with van der Waals surface area (Å²) in [6.07, 6.45) is 1.93. The normalized spacial score (nSPS) is 11.8. The van der Waals surface area contributed by atoms with Crippen LogP contribution in [0.4, 0.5) is 0 Å². The first kappa shape index (κ1) is 24.4. The monoisotopic (exact) mass is 550 g/mol. The molecule has 4 aromatic carbocycles. The minimum Gasteiger partial charge on any atom is -1.00 e. The summed E-state index contributed by atoms with van der Waals surface area (Å²) in [7, 11) is 0. The maximum absolute atomic E-state index is 13.3. The molecule has 6 heteroatoms. The van der Waals surface area contributed by atoms with Crippen molar-refractivity contribution < 1.29 is 30.8 Å². The minimum absolute atomic E-state index is 0. The number of hydrogen-bond donors (Lipinski definition) is 0. The van der Waals surface area contributed by atoms with E-state index in [2.05, 4.69) is 4.57 Å². The van der Waals surface area contributed by atoms with E-state index in [1.165, 1.54) is 0 Å². The zero-order valence-electron chi connectivity index (χ0n) is 19.8. The number of hydrogen-bond acceptors (Lipinski definition) is 3. The van der Waals surface area contributed by atoms with Gasteiger partial charge in [-0.3, -0.25) is 4.79 Å². The second-order valence-electron chi connectivity index (χ2n) is 8.77. The lowest BCUT2D eigenvalue weighted by molar-refractivity contribution is -0.658. The molecule has 0 aliphatic rings. The zero-order valence-corrected chi connectivity index (χ0v) is 21.4. The fourth-order valence-corrected chi connectivity index (χ4v) is 4.80. The topological polar surface area (TPSA) is 56.1 Å². The number of para-hydroxylation sites is 3. The van der Waals surface area contributed by atoms with Crippen LogP contribution in [0.5, 0.6) is 0 Å². The highest BCUT2D eigenvalue weighted by Crippen LogP contribution is 2.29. The second-order valence-corrected chi connectivity index (χ2v) is 8.77. The molecule has 2 aromatic heterocycles. The van der Waals surface area contributed by atoms with Gasteiger partial charge in [0.1, 0.15) is 5.58 Å². The Bertz CT molecular complexity index is 1760. The van der Waals surface area contributed by atoms with E-state index in [1.807, 2.05) is 120 Å². The van der Waals surface area contributed by atoms with Crippen LogP contribution in [0.1, 0.15) is 27.5 Å². The molecule has 0 aliphatic heterocycles. The molecule has 6 aromatic rings. The van der Waals surface area contributed by atoms with Crippen molar-refractivity contribution in [3.63, 3.8) is 0 Å². The van der Waals surface area contributed by atoms with Gasteiger partial charge >= 0.3 is 5.63 Å². The first-order chi connectivity index (χ1) is 17.7. The number of benzene rings is 4. The fourth-order valence-electron chi connectivity index (χ4n) is 4.80. The number of halogens is 1. The molecule has 0 spiro atoms. The van der Waals surface area contributed by atoms with Crippen LogP contribution in [0, 0.1) is 0 Å². The van der Waals surface area contributed by atoms with Crippen molar-refractivity contribution in [2.75, 3.05) is 0 Å². The van der Waals surface area contributed by atoms with Gasteiger partial charge in [-0.25, -0.2) is 13.9 Å². The summed E-state index contributed by atoms with van der Waals surface area (Å²) in [6, 6.07) is 36.1. The third-order valence-electron chi connectivity index (χ3n) is 6.50. The lowest BCUT2D eigenvalue weighted by Crippen LogP contribution is -3.00. The Balaban J connectivity index is 0.00000280. The van der Waals surface area contributed by atoms with Crippen LogP contribution in [-0.4, -0.2) is 10.4 Å². The van der Waals surface area contributed by atoms with Gasteiger partial charge < -0.3 is 21.4 Å². The lowest BCUT2D eigenvalue weighted by atomic mass is 9.98. The van der Waals surface area contributed by atoms with Gasteiger partial charge in [0, 0.05) is 16.5 Å². The maximum atomic E-state index is 13.3. The summed E-state index contributed by atoms with van der Waals surface area (Å²) in [5.41, 5.74) is 4.14. The number of Topliss-reactive ketones (excluding diaryl/α,β-unsaturated/α-hetero) is 1. The highest BCUT2D eigenvalue weighted by molar-refractivity contribution is 5.95. The van der Waals surface area contributed by atoms with Crippen LogP contribution in [0.15, 0.2) is 131 Å². The molecule has 0 bridgehead atoms. The molecular weight excluding hydrogens is 528 g/mol. The Labute approximate surface area is 224 Å². The molecular formula is C31H23BrN2O3. The Hall–Kier alpha value is -4.29. The van der Waals surface area contributed by atoms with Gasteiger partial charge in [-0.05, 0) is 24.3 Å². The molecule has 0 saturated carbocycles. The Morgan fingerprint density at radius 1 is 0.811 bits per heavy atom. The number of imidazole rings is 1. The van der Waals surface area contributed by atoms with Gasteiger partial charge in [0.15, 0.2) is 23.6 Å². The van der Waals surface area contributed by atoms with E-state index in [0.29, 0.717) is 16.7 Å². The van der Waals surface area contributed by atoms with Crippen molar-refractivity contribution in [1.29, 1.82) is 0 Å². The Kier molecular flexibility index (Phi) is 6.84. The molecule has 0 radical (unpaired) electrons. The van der Waals surface area contributed by atoms with Crippen molar-refractivity contribution in [1.82, 2.24) is 4.57 Å². The number of nitrogens with zero attached hydrogens (tertiary/aromatic N) is 2. The number of carbonyl (C=O) groups excluding carboxylic acids is 1. The quantitative estimate of drug-likeness (QED) is 0.182. The number of rotatable bonds is 6. The molecule has 6 rings (SSSR count). The fraction of sp³-hybridized carbons (Fsp3) is 0.0645. The Morgan fingerprint density at radius 3 is 2.24 bits per heavy atom. The van der Waals surface area contributed by atoms with Gasteiger partial charge in [-0.15, -0.1) is 0 Å². The number of fused-ring (bicyclic) bond motifs is 2. The molecule has 182 valence electrons. The standard InChI is InChI=1S/C31H23N2O3.BrH/c34-28(22-11-3-1-4-12-22)20-32-21-33(27-17-9-8-16-26(27)32)30(23-13-5-2-6-14-23)25-19-24-15-7-10-18-29(24)36-31(25)35;/h1-19,21,30H,20H2;1H/q+1;/p-1. The van der Waals surface area contributed by atoms with E-state index in [-0.39, 0.29) is 34.9 Å². The average Bonchev–Trinajstić information content (AvgIpc) is 3.28. The summed E-state index contributed by atoms with van der Waals surface area (Å²) in [6.45, 7) is 0.186. The van der Waals surface area contributed by atoms with E-state index in [1.54, 1.807) is 6.07 Å². The largest absolute Gasteiger partial charge is 1.00 e. The van der Waals surface area contributed by atoms with Crippen LogP contribution in [-0.2, 0) is 6.54 Å². The highest BCUT2D eigenvalue weighted by atomic mass is 79.9. The van der Waals surface area contributed by atoms with Crippen LogP contribution in [0.2, 0.25) is 0 Å². The molecule has 1 atom stereocenters. The van der Waals surface area contributed by atoms with E-state index in [4.69, 9.17) is 4.42 Å². The van der Waals surface area contributed by atoms with Crippen molar-refractivity contribution in [2.24, 2.45) is 0 Å². The van der Waals surface area contributed by atoms with Crippen molar-refractivity contribution in [3.05, 3.63) is 149 Å². The van der Waals surface area contributed by atoms with Crippen molar-refractivity contribution in [2.45, 2.75) is 12.6 Å². The van der Waals surface area contributed by atoms with Gasteiger partial charge in [0.25, 0.3) is 0 Å². The zero-order chi connectivity index (χ0) is 24.5. The van der Waals surface area contributed by atoms with Crippen LogP contribution in [0.25, 0.3) is 22.0 Å². The molecule has 37 heavy (non-hydrogen) atoms. The molecule has 0 aliphatic carbocycles. The molecule has 2 heterocycles. The third kappa shape index (κ3) is 4.63. The second kappa shape index (κ2) is 10.4. The van der Waals surface area contributed by atoms with Gasteiger partial charge in [0.05, 0.1) is 5.56 Å². The van der Waals surface area contributed by atoms with Gasteiger partial charge in [0.2, 0.25) is 12.1 Å². The van der Waals surface area contributed by atoms with Crippen LogP contribution < -0.4 is 27.2 Å². The highest BCUT2D eigenvalue weighted by Gasteiger charge is 2.30. The molecule has 5 nitrogen and oxygen atoms in total. The van der Waals surface area contributed by atoms with Crippen LogP contribution in [0.3, 0.4) is 0 Å². The maximum Gasteiger partial charge on any atom is 0.344 e. The Morgan fingerprint density at radius 2 is 1.46 bits per heavy atom. The van der Waals surface area contributed by atoms with E-state index < -0.39 is 6.04 Å². The summed E-state index contributed by atoms with van der Waals surface area (Å²) >= 11 is 0. The minimum atomic E-state index is -0.440. The molecule has 0 fully saturated rings. The third-order valence-corrected chi connectivity index (χ3v) is 6.50. The van der Waals surface area contributed by atoms with Crippen molar-refractivity contribution >= 4 is 27.8 Å². The first-order valence-corrected chi connectivity index (χ1v) is 11.8.